The Bertz CT molecular complexity index is 441. The summed E-state index contributed by atoms with van der Waals surface area (Å²) in [6.07, 6.45) is 14.9. The van der Waals surface area contributed by atoms with Gasteiger partial charge in [-0.15, -0.1) is 0 Å². The van der Waals surface area contributed by atoms with Gasteiger partial charge < -0.3 is 4.74 Å². The minimum Gasteiger partial charge on any atom is -0.457 e. The number of esters is 1. The van der Waals surface area contributed by atoms with Crippen molar-refractivity contribution >= 4 is 17.3 Å². The van der Waals surface area contributed by atoms with Crippen LogP contribution in [-0.4, -0.2) is 5.97 Å². The van der Waals surface area contributed by atoms with Gasteiger partial charge in [0.25, 0.3) is 0 Å². The van der Waals surface area contributed by atoms with Crippen molar-refractivity contribution in [3.05, 3.63) is 22.4 Å². The lowest BCUT2D eigenvalue weighted by Gasteiger charge is -2.22. The Hall–Kier alpha value is -0.830. The van der Waals surface area contributed by atoms with Crippen LogP contribution in [0.4, 0.5) is 0 Å². The maximum absolute atomic E-state index is 12.9. The molecule has 26 heavy (non-hydrogen) atoms. The Morgan fingerprint density at radius 1 is 0.885 bits per heavy atom. The lowest BCUT2D eigenvalue weighted by Crippen LogP contribution is -2.21. The van der Waals surface area contributed by atoms with Gasteiger partial charge in [0.15, 0.2) is 0 Å². The van der Waals surface area contributed by atoms with Crippen molar-refractivity contribution < 1.29 is 9.53 Å². The average molecular weight is 381 g/mol. The molecule has 0 aromatic carbocycles. The first-order valence-electron chi connectivity index (χ1n) is 10.9. The standard InChI is InChI=1S/C23H40O2S/c1-4-7-10-12-15-20(14-9-6-3)23(24)25-22(16-13-11-8-5-2)21-17-18-26-19-21/h17-20,22H,4-16H2,1-3H3. The van der Waals surface area contributed by atoms with Crippen molar-refractivity contribution in [2.75, 3.05) is 0 Å². The van der Waals surface area contributed by atoms with Crippen LogP contribution in [0.5, 0.6) is 0 Å². The van der Waals surface area contributed by atoms with Crippen LogP contribution in [0.15, 0.2) is 16.8 Å². The molecule has 2 atom stereocenters. The number of ether oxygens (including phenoxy) is 1. The molecular formula is C23H40O2S. The molecule has 0 bridgehead atoms. The second-order valence-corrected chi connectivity index (χ2v) is 8.30. The van der Waals surface area contributed by atoms with Crippen molar-refractivity contribution in [3.8, 4) is 0 Å². The molecule has 0 radical (unpaired) electrons. The fourth-order valence-corrected chi connectivity index (χ4v) is 4.09. The second kappa shape index (κ2) is 15.2. The van der Waals surface area contributed by atoms with E-state index in [0.29, 0.717) is 0 Å². The summed E-state index contributed by atoms with van der Waals surface area (Å²) in [5.74, 6) is 0.130. The second-order valence-electron chi connectivity index (χ2n) is 7.52. The van der Waals surface area contributed by atoms with E-state index in [1.54, 1.807) is 11.3 Å². The van der Waals surface area contributed by atoms with E-state index >= 15 is 0 Å². The first-order chi connectivity index (χ1) is 12.7. The lowest BCUT2D eigenvalue weighted by molar-refractivity contribution is -0.155. The van der Waals surface area contributed by atoms with Gasteiger partial charge in [0.2, 0.25) is 0 Å². The molecule has 0 aliphatic rings. The van der Waals surface area contributed by atoms with Gasteiger partial charge in [0.1, 0.15) is 6.10 Å². The zero-order valence-electron chi connectivity index (χ0n) is 17.3. The van der Waals surface area contributed by atoms with E-state index in [2.05, 4.69) is 37.6 Å². The van der Waals surface area contributed by atoms with Crippen LogP contribution < -0.4 is 0 Å². The highest BCUT2D eigenvalue weighted by atomic mass is 32.1. The van der Waals surface area contributed by atoms with Crippen molar-refractivity contribution in [1.82, 2.24) is 0 Å². The van der Waals surface area contributed by atoms with Crippen LogP contribution in [0.25, 0.3) is 0 Å². The zero-order chi connectivity index (χ0) is 19.0. The average Bonchev–Trinajstić information content (AvgIpc) is 3.18. The molecule has 1 aromatic heterocycles. The van der Waals surface area contributed by atoms with E-state index in [-0.39, 0.29) is 18.0 Å². The molecule has 0 aliphatic heterocycles. The minimum absolute atomic E-state index is 0.0432. The smallest absolute Gasteiger partial charge is 0.309 e. The highest BCUT2D eigenvalue weighted by Gasteiger charge is 2.24. The molecule has 2 unspecified atom stereocenters. The summed E-state index contributed by atoms with van der Waals surface area (Å²) in [7, 11) is 0. The number of thiophene rings is 1. The van der Waals surface area contributed by atoms with Gasteiger partial charge in [-0.25, -0.2) is 0 Å². The number of rotatable bonds is 16. The van der Waals surface area contributed by atoms with Crippen molar-refractivity contribution in [2.24, 2.45) is 5.92 Å². The van der Waals surface area contributed by atoms with Crippen LogP contribution in [0.2, 0.25) is 0 Å². The van der Waals surface area contributed by atoms with Crippen LogP contribution in [0.1, 0.15) is 116 Å². The number of carbonyl (C=O) groups is 1. The van der Waals surface area contributed by atoms with Gasteiger partial charge >= 0.3 is 5.97 Å². The van der Waals surface area contributed by atoms with E-state index in [4.69, 9.17) is 4.74 Å². The number of hydrogen-bond donors (Lipinski definition) is 0. The molecule has 1 heterocycles. The van der Waals surface area contributed by atoms with Gasteiger partial charge in [-0.3, -0.25) is 4.79 Å². The molecule has 0 aliphatic carbocycles. The SMILES string of the molecule is CCCCCCC(CCCC)C(=O)OC(CCCCCC)c1ccsc1. The topological polar surface area (TPSA) is 26.3 Å². The first kappa shape index (κ1) is 23.2. The highest BCUT2D eigenvalue weighted by molar-refractivity contribution is 7.07. The lowest BCUT2D eigenvalue weighted by atomic mass is 9.95. The summed E-state index contributed by atoms with van der Waals surface area (Å²) in [5, 5.41) is 4.22. The Kier molecular flexibility index (Phi) is 13.6. The molecule has 1 aromatic rings. The zero-order valence-corrected chi connectivity index (χ0v) is 18.1. The fraction of sp³-hybridized carbons (Fsp3) is 0.783. The predicted octanol–water partition coefficient (Wildman–Crippen LogP) is 8.08. The molecule has 3 heteroatoms. The molecule has 150 valence electrons. The highest BCUT2D eigenvalue weighted by Crippen LogP contribution is 2.29. The van der Waals surface area contributed by atoms with E-state index < -0.39 is 0 Å². The van der Waals surface area contributed by atoms with Gasteiger partial charge in [0.05, 0.1) is 5.92 Å². The Labute approximate surface area is 165 Å². The maximum Gasteiger partial charge on any atom is 0.309 e. The molecule has 0 spiro atoms. The van der Waals surface area contributed by atoms with E-state index in [1.807, 2.05) is 0 Å². The Balaban J connectivity index is 2.60. The van der Waals surface area contributed by atoms with Crippen LogP contribution in [0, 0.1) is 5.92 Å². The molecule has 0 fully saturated rings. The van der Waals surface area contributed by atoms with Crippen LogP contribution in [-0.2, 0) is 9.53 Å². The third kappa shape index (κ3) is 9.75. The van der Waals surface area contributed by atoms with Gasteiger partial charge in [-0.05, 0) is 42.5 Å². The largest absolute Gasteiger partial charge is 0.457 e. The van der Waals surface area contributed by atoms with Gasteiger partial charge in [0, 0.05) is 5.56 Å². The summed E-state index contributed by atoms with van der Waals surface area (Å²) in [6.45, 7) is 6.65. The molecular weight excluding hydrogens is 340 g/mol. The quantitative estimate of drug-likeness (QED) is 0.214. The van der Waals surface area contributed by atoms with E-state index in [9.17, 15) is 4.79 Å². The molecule has 0 N–H and O–H groups in total. The molecule has 0 saturated carbocycles. The van der Waals surface area contributed by atoms with Crippen LogP contribution in [0.3, 0.4) is 0 Å². The van der Waals surface area contributed by atoms with E-state index in [0.717, 1.165) is 44.9 Å². The third-order valence-corrected chi connectivity index (χ3v) is 5.84. The number of hydrogen-bond acceptors (Lipinski definition) is 3. The summed E-state index contributed by atoms with van der Waals surface area (Å²) in [5.41, 5.74) is 1.18. The normalized spacial score (nSPS) is 13.5. The monoisotopic (exact) mass is 380 g/mol. The first-order valence-corrected chi connectivity index (χ1v) is 11.9. The van der Waals surface area contributed by atoms with Crippen molar-refractivity contribution in [2.45, 2.75) is 110 Å². The van der Waals surface area contributed by atoms with Crippen molar-refractivity contribution in [3.63, 3.8) is 0 Å². The minimum atomic E-state index is -0.0506. The van der Waals surface area contributed by atoms with Gasteiger partial charge in [-0.1, -0.05) is 78.6 Å². The predicted molar refractivity (Wildman–Crippen MR) is 114 cm³/mol. The van der Waals surface area contributed by atoms with Crippen molar-refractivity contribution in [1.29, 1.82) is 0 Å². The molecule has 1 rings (SSSR count). The number of carbonyl (C=O) groups excluding carboxylic acids is 1. The Morgan fingerprint density at radius 3 is 2.08 bits per heavy atom. The maximum atomic E-state index is 12.9. The third-order valence-electron chi connectivity index (χ3n) is 5.14. The van der Waals surface area contributed by atoms with E-state index in [1.165, 1.54) is 44.1 Å². The summed E-state index contributed by atoms with van der Waals surface area (Å²) < 4.78 is 6.06. The molecule has 0 amide bonds. The molecule has 2 nitrogen and oxygen atoms in total. The summed E-state index contributed by atoms with van der Waals surface area (Å²) >= 11 is 1.69. The Morgan fingerprint density at radius 2 is 1.50 bits per heavy atom. The van der Waals surface area contributed by atoms with Gasteiger partial charge in [-0.2, -0.15) is 11.3 Å². The number of unbranched alkanes of at least 4 members (excludes halogenated alkanes) is 7. The summed E-state index contributed by atoms with van der Waals surface area (Å²) in [4.78, 5) is 12.9. The van der Waals surface area contributed by atoms with Crippen LogP contribution >= 0.6 is 11.3 Å². The molecule has 0 saturated heterocycles. The fourth-order valence-electron chi connectivity index (χ4n) is 3.39. The summed E-state index contributed by atoms with van der Waals surface area (Å²) in [6, 6.07) is 2.12.